The lowest BCUT2D eigenvalue weighted by atomic mass is 10.0. The molecule has 0 bridgehead atoms. The van der Waals surface area contributed by atoms with Gasteiger partial charge < -0.3 is 24.6 Å². The fourth-order valence-corrected chi connectivity index (χ4v) is 5.32. The number of alkyl halides is 5. The highest BCUT2D eigenvalue weighted by molar-refractivity contribution is 7.89. The minimum Gasteiger partial charge on any atom is -0.494 e. The molecule has 3 rings (SSSR count). The number of ether oxygens (including phenoxy) is 2. The van der Waals surface area contributed by atoms with E-state index in [1.54, 1.807) is 6.07 Å². The Kier molecular flexibility index (Phi) is 10.9. The van der Waals surface area contributed by atoms with Crippen molar-refractivity contribution in [3.05, 3.63) is 90.0 Å². The molecule has 0 saturated heterocycles. The van der Waals surface area contributed by atoms with Crippen LogP contribution in [0.15, 0.2) is 83.8 Å². The van der Waals surface area contributed by atoms with Gasteiger partial charge in [-0.15, -0.1) is 13.2 Å². The van der Waals surface area contributed by atoms with E-state index in [0.717, 1.165) is 36.4 Å². The van der Waals surface area contributed by atoms with Crippen molar-refractivity contribution in [1.82, 2.24) is 10.0 Å². The summed E-state index contributed by atoms with van der Waals surface area (Å²) in [4.78, 5) is 30.7. The molecule has 1 amide bonds. The number of amides is 1. The Morgan fingerprint density at radius 3 is 2.02 bits per heavy atom. The zero-order valence-electron chi connectivity index (χ0n) is 22.0. The number of rotatable bonds is 14. The number of benzene rings is 3. The van der Waals surface area contributed by atoms with E-state index in [9.17, 15) is 39.7 Å². The minimum atomic E-state index is -5.80. The summed E-state index contributed by atoms with van der Waals surface area (Å²) in [5.74, 6) is -0.957. The summed E-state index contributed by atoms with van der Waals surface area (Å²) in [5, 5.41) is 2.54. The number of carbonyl (C=O) groups is 1. The predicted octanol–water partition coefficient (Wildman–Crippen LogP) is 4.29. The maximum absolute atomic E-state index is 14.0. The van der Waals surface area contributed by atoms with Crippen LogP contribution in [0, 0.1) is 0 Å². The minimum absolute atomic E-state index is 0.00507. The molecule has 0 saturated carbocycles. The molecule has 0 aromatic heterocycles. The standard InChI is InChI=1S/C26H26F5N2O8PS/c27-25(28,42(35,36)37)19-9-7-18(8-10-19)17-23(33-43(38,39)22-5-2-1-3-6-22)24(34)32-15-4-16-40-20-11-13-21(14-12-20)41-26(29,30)31/h1-3,5-14,23,33H,4,15-17H2,(H,32,34)(H2,35,36,37). The van der Waals surface area contributed by atoms with Crippen LogP contribution in [0.3, 0.4) is 0 Å². The summed E-state index contributed by atoms with van der Waals surface area (Å²) < 4.78 is 113. The monoisotopic (exact) mass is 652 g/mol. The number of sulfonamides is 1. The quantitative estimate of drug-likeness (QED) is 0.114. The van der Waals surface area contributed by atoms with Crippen molar-refractivity contribution in [3.63, 3.8) is 0 Å². The van der Waals surface area contributed by atoms with Crippen LogP contribution < -0.4 is 19.5 Å². The van der Waals surface area contributed by atoms with Gasteiger partial charge in [-0.3, -0.25) is 9.36 Å². The summed E-state index contributed by atoms with van der Waals surface area (Å²) in [6.45, 7) is 0.0422. The second-order valence-corrected chi connectivity index (χ2v) is 12.3. The van der Waals surface area contributed by atoms with E-state index >= 15 is 0 Å². The molecule has 17 heteroatoms. The average molecular weight is 653 g/mol. The number of halogens is 5. The average Bonchev–Trinajstić information content (AvgIpc) is 2.92. The Bertz CT molecular complexity index is 1520. The van der Waals surface area contributed by atoms with Crippen LogP contribution in [0.1, 0.15) is 17.5 Å². The number of hydrogen-bond donors (Lipinski definition) is 4. The number of carbonyl (C=O) groups excluding carboxylic acids is 1. The molecule has 1 unspecified atom stereocenters. The van der Waals surface area contributed by atoms with Crippen molar-refractivity contribution in [1.29, 1.82) is 0 Å². The van der Waals surface area contributed by atoms with Crippen LogP contribution in [-0.4, -0.2) is 49.7 Å². The van der Waals surface area contributed by atoms with Gasteiger partial charge in [0, 0.05) is 12.1 Å². The third-order valence-electron chi connectivity index (χ3n) is 5.72. The van der Waals surface area contributed by atoms with E-state index in [0.29, 0.717) is 0 Å². The molecule has 234 valence electrons. The van der Waals surface area contributed by atoms with Gasteiger partial charge in [-0.1, -0.05) is 42.5 Å². The van der Waals surface area contributed by atoms with Crippen molar-refractivity contribution in [2.75, 3.05) is 13.2 Å². The van der Waals surface area contributed by atoms with Gasteiger partial charge in [0.05, 0.1) is 11.5 Å². The van der Waals surface area contributed by atoms with Gasteiger partial charge in [0.2, 0.25) is 15.9 Å². The largest absolute Gasteiger partial charge is 0.573 e. The van der Waals surface area contributed by atoms with Gasteiger partial charge >= 0.3 is 19.6 Å². The molecule has 3 aromatic rings. The first-order valence-electron chi connectivity index (χ1n) is 12.3. The van der Waals surface area contributed by atoms with Crippen molar-refractivity contribution in [2.45, 2.75) is 35.8 Å². The smallest absolute Gasteiger partial charge is 0.494 e. The third kappa shape index (κ3) is 10.0. The highest BCUT2D eigenvalue weighted by atomic mass is 32.2. The SMILES string of the molecule is O=C(NCCCOc1ccc(OC(F)(F)F)cc1)C(Cc1ccc(C(F)(F)P(=O)(O)O)cc1)NS(=O)(=O)c1ccccc1. The second-order valence-electron chi connectivity index (χ2n) is 8.99. The molecule has 43 heavy (non-hydrogen) atoms. The first kappa shape index (κ1) is 33.9. The van der Waals surface area contributed by atoms with Gasteiger partial charge in [-0.25, -0.2) is 8.42 Å². The van der Waals surface area contributed by atoms with Crippen molar-refractivity contribution in [2.24, 2.45) is 0 Å². The van der Waals surface area contributed by atoms with Crippen LogP contribution in [0.4, 0.5) is 22.0 Å². The molecule has 0 spiro atoms. The van der Waals surface area contributed by atoms with Crippen LogP contribution in [0.25, 0.3) is 0 Å². The van der Waals surface area contributed by atoms with E-state index in [2.05, 4.69) is 14.8 Å². The van der Waals surface area contributed by atoms with E-state index in [-0.39, 0.29) is 42.2 Å². The number of hydrogen-bond acceptors (Lipinski definition) is 6. The molecule has 0 aliphatic carbocycles. The van der Waals surface area contributed by atoms with E-state index in [1.807, 2.05) is 0 Å². The van der Waals surface area contributed by atoms with Gasteiger partial charge in [0.25, 0.3) is 0 Å². The summed E-state index contributed by atoms with van der Waals surface area (Å²) in [7, 11) is -10.0. The number of nitrogens with one attached hydrogen (secondary N) is 2. The lowest BCUT2D eigenvalue weighted by molar-refractivity contribution is -0.274. The third-order valence-corrected chi connectivity index (χ3v) is 8.20. The Morgan fingerprint density at radius 2 is 1.47 bits per heavy atom. The molecule has 0 fully saturated rings. The fraction of sp³-hybridized carbons (Fsp3) is 0.269. The summed E-state index contributed by atoms with van der Waals surface area (Å²) in [6.07, 6.45) is -4.92. The van der Waals surface area contributed by atoms with Gasteiger partial charge in [-0.2, -0.15) is 13.5 Å². The van der Waals surface area contributed by atoms with Crippen LogP contribution in [0.2, 0.25) is 0 Å². The predicted molar refractivity (Wildman–Crippen MR) is 143 cm³/mol. The summed E-state index contributed by atoms with van der Waals surface area (Å²) in [5.41, 5.74) is -5.20. The zero-order chi connectivity index (χ0) is 31.9. The molecule has 1 atom stereocenters. The normalized spacial score (nSPS) is 13.3. The van der Waals surface area contributed by atoms with Crippen molar-refractivity contribution < 1.29 is 59.0 Å². The maximum atomic E-state index is 14.0. The zero-order valence-corrected chi connectivity index (χ0v) is 23.7. The Hall–Kier alpha value is -3.56. The lowest BCUT2D eigenvalue weighted by Gasteiger charge is -2.20. The molecule has 0 aliphatic heterocycles. The van der Waals surface area contributed by atoms with Crippen molar-refractivity contribution in [3.8, 4) is 11.5 Å². The van der Waals surface area contributed by atoms with Crippen LogP contribution >= 0.6 is 7.60 Å². The maximum Gasteiger partial charge on any atom is 0.573 e. The highest BCUT2D eigenvalue weighted by Gasteiger charge is 2.50. The Balaban J connectivity index is 1.64. The van der Waals surface area contributed by atoms with E-state index in [1.165, 1.54) is 36.4 Å². The topological polar surface area (TPSA) is 151 Å². The van der Waals surface area contributed by atoms with Gasteiger partial charge in [0.15, 0.2) is 0 Å². The summed E-state index contributed by atoms with van der Waals surface area (Å²) >= 11 is 0. The summed E-state index contributed by atoms with van der Waals surface area (Å²) in [6, 6.07) is 14.1. The first-order chi connectivity index (χ1) is 20.0. The Morgan fingerprint density at radius 1 is 0.884 bits per heavy atom. The molecular weight excluding hydrogens is 626 g/mol. The van der Waals surface area contributed by atoms with E-state index in [4.69, 9.17) is 14.5 Å². The van der Waals surface area contributed by atoms with Crippen LogP contribution in [-0.2, 0) is 31.5 Å². The molecular formula is C26H26F5N2O8PS. The fourth-order valence-electron chi connectivity index (χ4n) is 3.62. The van der Waals surface area contributed by atoms with Crippen molar-refractivity contribution >= 4 is 23.5 Å². The van der Waals surface area contributed by atoms with Crippen LogP contribution in [0.5, 0.6) is 11.5 Å². The molecule has 4 N–H and O–H groups in total. The lowest BCUT2D eigenvalue weighted by Crippen LogP contribution is -2.48. The van der Waals surface area contributed by atoms with Gasteiger partial charge in [-0.05, 0) is 54.8 Å². The first-order valence-corrected chi connectivity index (χ1v) is 15.4. The highest BCUT2D eigenvalue weighted by Crippen LogP contribution is 2.59. The molecule has 0 radical (unpaired) electrons. The molecule has 0 aliphatic rings. The van der Waals surface area contributed by atoms with E-state index < -0.39 is 52.9 Å². The van der Waals surface area contributed by atoms with Gasteiger partial charge in [0.1, 0.15) is 17.5 Å². The molecule has 3 aromatic carbocycles. The Labute approximate surface area is 243 Å². The molecule has 0 heterocycles. The second kappa shape index (κ2) is 13.8. The molecule has 10 nitrogen and oxygen atoms in total.